The summed E-state index contributed by atoms with van der Waals surface area (Å²) in [7, 11) is 0. The highest BCUT2D eigenvalue weighted by molar-refractivity contribution is 6.31. The summed E-state index contributed by atoms with van der Waals surface area (Å²) < 4.78 is 5.18. The van der Waals surface area contributed by atoms with E-state index in [4.69, 9.17) is 16.0 Å². The average Bonchev–Trinajstić information content (AvgIpc) is 2.87. The number of anilines is 1. The van der Waals surface area contributed by atoms with Crippen molar-refractivity contribution in [2.45, 2.75) is 13.5 Å². The third-order valence-electron chi connectivity index (χ3n) is 2.71. The molecule has 2 aromatic rings. The number of quaternary nitrogens is 1. The Balaban J connectivity index is 1.79. The van der Waals surface area contributed by atoms with Crippen LogP contribution in [0.2, 0.25) is 5.02 Å². The van der Waals surface area contributed by atoms with Gasteiger partial charge in [-0.3, -0.25) is 4.79 Å². The zero-order valence-corrected chi connectivity index (χ0v) is 11.4. The molecule has 19 heavy (non-hydrogen) atoms. The molecule has 0 aliphatic carbocycles. The first-order valence-electron chi connectivity index (χ1n) is 6.05. The van der Waals surface area contributed by atoms with Crippen molar-refractivity contribution in [1.82, 2.24) is 0 Å². The van der Waals surface area contributed by atoms with E-state index in [0.717, 1.165) is 11.3 Å². The summed E-state index contributed by atoms with van der Waals surface area (Å²) in [4.78, 5) is 11.7. The summed E-state index contributed by atoms with van der Waals surface area (Å²) in [6.07, 6.45) is 1.62. The van der Waals surface area contributed by atoms with E-state index in [-0.39, 0.29) is 5.91 Å². The quantitative estimate of drug-likeness (QED) is 0.879. The molecule has 4 nitrogen and oxygen atoms in total. The number of rotatable bonds is 5. The van der Waals surface area contributed by atoms with Gasteiger partial charge in [0.15, 0.2) is 12.3 Å². The first-order valence-corrected chi connectivity index (χ1v) is 6.43. The predicted octanol–water partition coefficient (Wildman–Crippen LogP) is 1.94. The minimum atomic E-state index is -0.0634. The molecule has 0 saturated carbocycles. The molecule has 0 saturated heterocycles. The van der Waals surface area contributed by atoms with Crippen molar-refractivity contribution in [3.63, 3.8) is 0 Å². The normalized spacial score (nSPS) is 10.4. The van der Waals surface area contributed by atoms with E-state index in [1.165, 1.54) is 0 Å². The summed E-state index contributed by atoms with van der Waals surface area (Å²) in [5.74, 6) is 0.789. The van der Waals surface area contributed by atoms with Crippen LogP contribution in [0.25, 0.3) is 0 Å². The number of amides is 1. The van der Waals surface area contributed by atoms with Gasteiger partial charge in [-0.15, -0.1) is 0 Å². The number of nitrogens with two attached hydrogens (primary N) is 1. The van der Waals surface area contributed by atoms with Gasteiger partial charge in [0.1, 0.15) is 6.54 Å². The number of hydrogen-bond donors (Lipinski definition) is 2. The second kappa shape index (κ2) is 6.41. The molecule has 0 radical (unpaired) electrons. The number of benzene rings is 1. The van der Waals surface area contributed by atoms with Crippen LogP contribution < -0.4 is 10.6 Å². The van der Waals surface area contributed by atoms with Crippen molar-refractivity contribution >= 4 is 23.2 Å². The number of furan rings is 1. The van der Waals surface area contributed by atoms with Crippen LogP contribution in [-0.4, -0.2) is 12.5 Å². The lowest BCUT2D eigenvalue weighted by atomic mass is 10.2. The molecule has 0 spiro atoms. The molecule has 0 unspecified atom stereocenters. The lowest BCUT2D eigenvalue weighted by Crippen LogP contribution is -2.84. The Labute approximate surface area is 116 Å². The lowest BCUT2D eigenvalue weighted by Gasteiger charge is -2.06. The van der Waals surface area contributed by atoms with Crippen LogP contribution in [-0.2, 0) is 11.3 Å². The molecule has 0 aliphatic heterocycles. The fourth-order valence-corrected chi connectivity index (χ4v) is 1.84. The fourth-order valence-electron chi connectivity index (χ4n) is 1.66. The Kier molecular flexibility index (Phi) is 4.60. The van der Waals surface area contributed by atoms with E-state index in [1.54, 1.807) is 12.3 Å². The molecule has 0 aliphatic rings. The van der Waals surface area contributed by atoms with Gasteiger partial charge in [-0.25, -0.2) is 0 Å². The van der Waals surface area contributed by atoms with Crippen molar-refractivity contribution < 1.29 is 14.5 Å². The molecule has 1 amide bonds. The number of aryl methyl sites for hydroxylation is 1. The van der Waals surface area contributed by atoms with Crippen molar-refractivity contribution in [3.8, 4) is 0 Å². The Morgan fingerprint density at radius 2 is 2.26 bits per heavy atom. The van der Waals surface area contributed by atoms with Crippen LogP contribution in [0, 0.1) is 6.92 Å². The summed E-state index contributed by atoms with van der Waals surface area (Å²) in [6.45, 7) is 2.91. The number of hydrogen-bond acceptors (Lipinski definition) is 2. The van der Waals surface area contributed by atoms with Crippen molar-refractivity contribution in [3.05, 3.63) is 52.9 Å². The molecule has 0 bridgehead atoms. The van der Waals surface area contributed by atoms with Gasteiger partial charge in [0.2, 0.25) is 0 Å². The lowest BCUT2D eigenvalue weighted by molar-refractivity contribution is -0.661. The Hall–Kier alpha value is -1.78. The number of nitrogens with one attached hydrogen (secondary N) is 1. The predicted molar refractivity (Wildman–Crippen MR) is 74.0 cm³/mol. The highest BCUT2D eigenvalue weighted by Gasteiger charge is 2.06. The van der Waals surface area contributed by atoms with Crippen LogP contribution in [0.1, 0.15) is 11.3 Å². The van der Waals surface area contributed by atoms with E-state index < -0.39 is 0 Å². The molecule has 1 aromatic heterocycles. The maximum Gasteiger partial charge on any atom is 0.279 e. The van der Waals surface area contributed by atoms with Gasteiger partial charge in [0.25, 0.3) is 5.91 Å². The van der Waals surface area contributed by atoms with Gasteiger partial charge in [-0.1, -0.05) is 17.7 Å². The molecule has 0 atom stereocenters. The smallest absolute Gasteiger partial charge is 0.279 e. The van der Waals surface area contributed by atoms with E-state index in [0.29, 0.717) is 23.8 Å². The average molecular weight is 280 g/mol. The van der Waals surface area contributed by atoms with E-state index >= 15 is 0 Å². The molecule has 5 heteroatoms. The molecule has 0 fully saturated rings. The number of carbonyl (C=O) groups excluding carboxylic acids is 1. The van der Waals surface area contributed by atoms with Crippen molar-refractivity contribution in [2.75, 3.05) is 11.9 Å². The monoisotopic (exact) mass is 279 g/mol. The van der Waals surface area contributed by atoms with Gasteiger partial charge in [-0.2, -0.15) is 0 Å². The first-order chi connectivity index (χ1) is 9.15. The van der Waals surface area contributed by atoms with Crippen LogP contribution in [0.3, 0.4) is 0 Å². The van der Waals surface area contributed by atoms with E-state index in [2.05, 4.69) is 5.32 Å². The van der Waals surface area contributed by atoms with Crippen LogP contribution in [0.5, 0.6) is 0 Å². The molecular weight excluding hydrogens is 264 g/mol. The van der Waals surface area contributed by atoms with Crippen LogP contribution >= 0.6 is 11.6 Å². The minimum Gasteiger partial charge on any atom is -0.463 e. The zero-order chi connectivity index (χ0) is 13.7. The van der Waals surface area contributed by atoms with Gasteiger partial charge in [0, 0.05) is 10.7 Å². The van der Waals surface area contributed by atoms with E-state index in [1.807, 2.05) is 36.5 Å². The number of halogens is 1. The Bertz CT molecular complexity index is 553. The van der Waals surface area contributed by atoms with Crippen LogP contribution in [0.4, 0.5) is 5.69 Å². The molecular formula is C14H16ClN2O2+. The Morgan fingerprint density at radius 1 is 1.42 bits per heavy atom. The molecule has 1 heterocycles. The summed E-state index contributed by atoms with van der Waals surface area (Å²) in [6, 6.07) is 9.18. The highest BCUT2D eigenvalue weighted by Crippen LogP contribution is 2.19. The summed E-state index contributed by atoms with van der Waals surface area (Å²) in [5.41, 5.74) is 1.70. The third kappa shape index (κ3) is 4.12. The maximum absolute atomic E-state index is 11.7. The summed E-state index contributed by atoms with van der Waals surface area (Å²) >= 11 is 6.00. The van der Waals surface area contributed by atoms with E-state index in [9.17, 15) is 4.79 Å². The van der Waals surface area contributed by atoms with Gasteiger partial charge in [-0.05, 0) is 36.8 Å². The van der Waals surface area contributed by atoms with Gasteiger partial charge < -0.3 is 15.1 Å². The van der Waals surface area contributed by atoms with Crippen molar-refractivity contribution in [2.24, 2.45) is 0 Å². The fraction of sp³-hybridized carbons (Fsp3) is 0.214. The van der Waals surface area contributed by atoms with Crippen molar-refractivity contribution in [1.29, 1.82) is 0 Å². The molecule has 3 N–H and O–H groups in total. The van der Waals surface area contributed by atoms with Gasteiger partial charge in [0.05, 0.1) is 6.26 Å². The molecule has 100 valence electrons. The number of carbonyl (C=O) groups is 1. The highest BCUT2D eigenvalue weighted by atomic mass is 35.5. The third-order valence-corrected chi connectivity index (χ3v) is 3.12. The standard InChI is InChI=1S/C14H15ClN2O2/c1-10-4-5-11(7-13(10)15)17-14(18)9-16-8-12-3-2-6-19-12/h2-7,16H,8-9H2,1H3,(H,17,18)/p+1. The minimum absolute atomic E-state index is 0.0634. The second-order valence-corrected chi connectivity index (χ2v) is 4.70. The zero-order valence-electron chi connectivity index (χ0n) is 10.7. The Morgan fingerprint density at radius 3 is 2.95 bits per heavy atom. The second-order valence-electron chi connectivity index (χ2n) is 4.29. The first kappa shape index (κ1) is 13.6. The van der Waals surface area contributed by atoms with Crippen LogP contribution in [0.15, 0.2) is 41.0 Å². The molecule has 1 aromatic carbocycles. The summed E-state index contributed by atoms with van der Waals surface area (Å²) in [5, 5.41) is 5.33. The SMILES string of the molecule is Cc1ccc(NC(=O)C[NH2+]Cc2ccco2)cc1Cl. The topological polar surface area (TPSA) is 58.9 Å². The maximum atomic E-state index is 11.7. The van der Waals surface area contributed by atoms with Gasteiger partial charge >= 0.3 is 0 Å². The molecule has 2 rings (SSSR count). The largest absolute Gasteiger partial charge is 0.463 e.